The molecule has 1 aliphatic heterocycles. The van der Waals surface area contributed by atoms with Gasteiger partial charge in [-0.1, -0.05) is 23.8 Å². The Kier molecular flexibility index (Phi) is 5.71. The number of carbonyl (C=O) groups is 2. The third-order valence-corrected chi connectivity index (χ3v) is 5.78. The van der Waals surface area contributed by atoms with Crippen LogP contribution in [0.15, 0.2) is 23.6 Å². The molecule has 1 aliphatic rings. The van der Waals surface area contributed by atoms with E-state index in [-0.39, 0.29) is 18.2 Å². The molecular formula is C20H24N2O3S. The second-order valence-electron chi connectivity index (χ2n) is 7.05. The summed E-state index contributed by atoms with van der Waals surface area (Å²) in [4.78, 5) is 30.0. The Bertz CT molecular complexity index is 815. The van der Waals surface area contributed by atoms with Crippen LogP contribution < -0.4 is 0 Å². The van der Waals surface area contributed by atoms with Gasteiger partial charge in [-0.2, -0.15) is 0 Å². The smallest absolute Gasteiger partial charge is 0.303 e. The SMILES string of the molecule is Cc1ccc(-c2nc(C(=O)N3CCCC(CCC(=O)O)C3)cs2)c(C)c1. The quantitative estimate of drug-likeness (QED) is 0.856. The summed E-state index contributed by atoms with van der Waals surface area (Å²) in [5.74, 6) is -0.551. The van der Waals surface area contributed by atoms with E-state index < -0.39 is 5.97 Å². The summed E-state index contributed by atoms with van der Waals surface area (Å²) in [5.41, 5.74) is 3.92. The first-order valence-electron chi connectivity index (χ1n) is 8.98. The van der Waals surface area contributed by atoms with Crippen molar-refractivity contribution in [3.8, 4) is 10.6 Å². The normalized spacial score (nSPS) is 17.3. The zero-order valence-electron chi connectivity index (χ0n) is 15.2. The first-order valence-corrected chi connectivity index (χ1v) is 9.86. The molecule has 1 N–H and O–H groups in total. The fraction of sp³-hybridized carbons (Fsp3) is 0.450. The van der Waals surface area contributed by atoms with Crippen molar-refractivity contribution in [3.05, 3.63) is 40.4 Å². The molecule has 5 nitrogen and oxygen atoms in total. The summed E-state index contributed by atoms with van der Waals surface area (Å²) < 4.78 is 0. The van der Waals surface area contributed by atoms with Gasteiger partial charge in [0.15, 0.2) is 0 Å². The molecule has 1 aromatic heterocycles. The van der Waals surface area contributed by atoms with Gasteiger partial charge in [0.2, 0.25) is 0 Å². The summed E-state index contributed by atoms with van der Waals surface area (Å²) in [5, 5.41) is 11.6. The summed E-state index contributed by atoms with van der Waals surface area (Å²) >= 11 is 1.49. The Hall–Kier alpha value is -2.21. The number of amides is 1. The van der Waals surface area contributed by atoms with Crippen LogP contribution in [0.25, 0.3) is 10.6 Å². The number of carbonyl (C=O) groups excluding carboxylic acids is 1. The standard InChI is InChI=1S/C20H24N2O3S/c1-13-5-7-16(14(2)10-13)19-21-17(12-26-19)20(25)22-9-3-4-15(11-22)6-8-18(23)24/h5,7,10,12,15H,3-4,6,8-9,11H2,1-2H3,(H,23,24). The van der Waals surface area contributed by atoms with Crippen molar-refractivity contribution < 1.29 is 14.7 Å². The second-order valence-corrected chi connectivity index (χ2v) is 7.91. The number of carboxylic acids is 1. The van der Waals surface area contributed by atoms with E-state index >= 15 is 0 Å². The summed E-state index contributed by atoms with van der Waals surface area (Å²) in [7, 11) is 0. The molecule has 1 aromatic carbocycles. The van der Waals surface area contributed by atoms with Crippen LogP contribution in [0.5, 0.6) is 0 Å². The van der Waals surface area contributed by atoms with Gasteiger partial charge in [0.1, 0.15) is 10.7 Å². The van der Waals surface area contributed by atoms with E-state index in [9.17, 15) is 9.59 Å². The Morgan fingerprint density at radius 2 is 2.15 bits per heavy atom. The van der Waals surface area contributed by atoms with E-state index in [2.05, 4.69) is 37.0 Å². The number of aliphatic carboxylic acids is 1. The summed E-state index contributed by atoms with van der Waals surface area (Å²) in [6.07, 6.45) is 2.70. The highest BCUT2D eigenvalue weighted by molar-refractivity contribution is 7.13. The maximum atomic E-state index is 12.8. The highest BCUT2D eigenvalue weighted by atomic mass is 32.1. The number of benzene rings is 1. The van der Waals surface area contributed by atoms with Gasteiger partial charge in [0.05, 0.1) is 0 Å². The molecule has 1 atom stereocenters. The first-order chi connectivity index (χ1) is 12.4. The molecule has 1 unspecified atom stereocenters. The highest BCUT2D eigenvalue weighted by Crippen LogP contribution is 2.29. The van der Waals surface area contributed by atoms with Crippen LogP contribution in [0, 0.1) is 19.8 Å². The van der Waals surface area contributed by atoms with Crippen molar-refractivity contribution in [2.75, 3.05) is 13.1 Å². The minimum atomic E-state index is -0.772. The van der Waals surface area contributed by atoms with Crippen molar-refractivity contribution >= 4 is 23.2 Å². The lowest BCUT2D eigenvalue weighted by Crippen LogP contribution is -2.40. The molecule has 0 radical (unpaired) electrons. The Morgan fingerprint density at radius 3 is 2.88 bits per heavy atom. The fourth-order valence-corrected chi connectivity index (χ4v) is 4.41. The second kappa shape index (κ2) is 7.99. The van der Waals surface area contributed by atoms with Crippen LogP contribution >= 0.6 is 11.3 Å². The summed E-state index contributed by atoms with van der Waals surface area (Å²) in [6, 6.07) is 6.24. The molecule has 2 aromatic rings. The number of hydrogen-bond donors (Lipinski definition) is 1. The van der Waals surface area contributed by atoms with Gasteiger partial charge < -0.3 is 10.0 Å². The zero-order valence-corrected chi connectivity index (χ0v) is 16.0. The molecule has 0 bridgehead atoms. The van der Waals surface area contributed by atoms with Crippen LogP contribution in [0.1, 0.15) is 47.3 Å². The molecule has 0 spiro atoms. The van der Waals surface area contributed by atoms with Gasteiger partial charge in [0.25, 0.3) is 5.91 Å². The Labute approximate surface area is 157 Å². The third kappa shape index (κ3) is 4.30. The number of nitrogens with zero attached hydrogens (tertiary/aromatic N) is 2. The number of likely N-dealkylation sites (tertiary alicyclic amines) is 1. The molecule has 1 saturated heterocycles. The maximum Gasteiger partial charge on any atom is 0.303 e. The van der Waals surface area contributed by atoms with Gasteiger partial charge in [-0.15, -0.1) is 11.3 Å². The average Bonchev–Trinajstić information content (AvgIpc) is 3.09. The molecule has 1 amide bonds. The molecule has 0 aliphatic carbocycles. The average molecular weight is 372 g/mol. The molecule has 1 fully saturated rings. The van der Waals surface area contributed by atoms with Crippen molar-refractivity contribution in [1.29, 1.82) is 0 Å². The van der Waals surface area contributed by atoms with Crippen LogP contribution in [0.2, 0.25) is 0 Å². The van der Waals surface area contributed by atoms with Crippen LogP contribution in [-0.4, -0.2) is 40.0 Å². The lowest BCUT2D eigenvalue weighted by molar-refractivity contribution is -0.137. The number of carboxylic acid groups (broad SMARTS) is 1. The van der Waals surface area contributed by atoms with Gasteiger partial charge in [-0.25, -0.2) is 4.98 Å². The molecular weight excluding hydrogens is 348 g/mol. The number of aryl methyl sites for hydroxylation is 2. The first kappa shape index (κ1) is 18.6. The molecule has 26 heavy (non-hydrogen) atoms. The lowest BCUT2D eigenvalue weighted by atomic mass is 9.93. The topological polar surface area (TPSA) is 70.5 Å². The Morgan fingerprint density at radius 1 is 1.35 bits per heavy atom. The van der Waals surface area contributed by atoms with Crippen LogP contribution in [0.3, 0.4) is 0 Å². The van der Waals surface area contributed by atoms with E-state index in [1.165, 1.54) is 16.9 Å². The molecule has 6 heteroatoms. The van der Waals surface area contributed by atoms with Gasteiger partial charge in [-0.05, 0) is 44.6 Å². The van der Waals surface area contributed by atoms with Gasteiger partial charge in [0, 0.05) is 30.5 Å². The number of piperidine rings is 1. The van der Waals surface area contributed by atoms with Gasteiger partial charge >= 0.3 is 5.97 Å². The predicted octanol–water partition coefficient (Wildman–Crippen LogP) is 4.14. The minimum Gasteiger partial charge on any atom is -0.481 e. The van der Waals surface area contributed by atoms with Gasteiger partial charge in [-0.3, -0.25) is 9.59 Å². The minimum absolute atomic E-state index is 0.0442. The number of rotatable bonds is 5. The van der Waals surface area contributed by atoms with Crippen LogP contribution in [-0.2, 0) is 4.79 Å². The fourth-order valence-electron chi connectivity index (χ4n) is 3.52. The summed E-state index contributed by atoms with van der Waals surface area (Å²) in [6.45, 7) is 5.47. The molecule has 0 saturated carbocycles. The largest absolute Gasteiger partial charge is 0.481 e. The van der Waals surface area contributed by atoms with Crippen molar-refractivity contribution in [2.24, 2.45) is 5.92 Å². The van der Waals surface area contributed by atoms with E-state index in [0.29, 0.717) is 18.7 Å². The monoisotopic (exact) mass is 372 g/mol. The maximum absolute atomic E-state index is 12.8. The Balaban J connectivity index is 1.70. The lowest BCUT2D eigenvalue weighted by Gasteiger charge is -2.32. The molecule has 138 valence electrons. The van der Waals surface area contributed by atoms with E-state index in [1.54, 1.807) is 0 Å². The van der Waals surface area contributed by atoms with Crippen molar-refractivity contribution in [1.82, 2.24) is 9.88 Å². The predicted molar refractivity (Wildman–Crippen MR) is 103 cm³/mol. The van der Waals surface area contributed by atoms with Crippen LogP contribution in [0.4, 0.5) is 0 Å². The van der Waals surface area contributed by atoms with E-state index in [1.807, 2.05) is 10.3 Å². The van der Waals surface area contributed by atoms with E-state index in [0.717, 1.165) is 35.5 Å². The van der Waals surface area contributed by atoms with E-state index in [4.69, 9.17) is 5.11 Å². The number of thiazole rings is 1. The number of hydrogen-bond acceptors (Lipinski definition) is 4. The number of aromatic nitrogens is 1. The molecule has 3 rings (SSSR count). The highest BCUT2D eigenvalue weighted by Gasteiger charge is 2.26. The van der Waals surface area contributed by atoms with Crippen molar-refractivity contribution in [2.45, 2.75) is 39.5 Å². The third-order valence-electron chi connectivity index (χ3n) is 4.91. The zero-order chi connectivity index (χ0) is 18.7. The molecule has 2 heterocycles. The van der Waals surface area contributed by atoms with Crippen molar-refractivity contribution in [3.63, 3.8) is 0 Å².